The maximum absolute atomic E-state index is 12.4. The molecule has 0 aliphatic rings. The molecular weight excluding hydrogens is 328 g/mol. The van der Waals surface area contributed by atoms with E-state index in [1.54, 1.807) is 38.0 Å². The van der Waals surface area contributed by atoms with Crippen LogP contribution in [0.4, 0.5) is 5.69 Å². The van der Waals surface area contributed by atoms with Crippen molar-refractivity contribution in [1.29, 1.82) is 0 Å². The van der Waals surface area contributed by atoms with Crippen LogP contribution in [0, 0.1) is 0 Å². The number of methoxy groups -OCH3 is 1. The Balaban J connectivity index is 1.57. The summed E-state index contributed by atoms with van der Waals surface area (Å²) in [4.78, 5) is 20.5. The van der Waals surface area contributed by atoms with E-state index >= 15 is 0 Å². The lowest BCUT2D eigenvalue weighted by Crippen LogP contribution is -2.23. The second kappa shape index (κ2) is 8.62. The van der Waals surface area contributed by atoms with Gasteiger partial charge in [0.2, 0.25) is 0 Å². The molecule has 132 valence electrons. The van der Waals surface area contributed by atoms with E-state index in [1.807, 2.05) is 36.4 Å². The number of anilines is 1. The summed E-state index contributed by atoms with van der Waals surface area (Å²) in [6.45, 7) is 1.08. The van der Waals surface area contributed by atoms with Crippen molar-refractivity contribution >= 4 is 11.6 Å². The molecule has 0 radical (unpaired) electrons. The Bertz CT molecular complexity index is 851. The topological polar surface area (TPSA) is 76.1 Å². The molecule has 6 nitrogen and oxygen atoms in total. The van der Waals surface area contributed by atoms with E-state index in [0.29, 0.717) is 18.7 Å². The summed E-state index contributed by atoms with van der Waals surface area (Å²) in [7, 11) is 1.62. The van der Waals surface area contributed by atoms with Gasteiger partial charge in [-0.2, -0.15) is 0 Å². The molecule has 3 rings (SSSR count). The average molecular weight is 348 g/mol. The lowest BCUT2D eigenvalue weighted by atomic mass is 10.2. The number of nitrogens with one attached hydrogen (secondary N) is 2. The van der Waals surface area contributed by atoms with Gasteiger partial charge in [0.25, 0.3) is 5.91 Å². The number of hydrogen-bond acceptors (Lipinski definition) is 5. The monoisotopic (exact) mass is 348 g/mol. The highest BCUT2D eigenvalue weighted by atomic mass is 16.5. The van der Waals surface area contributed by atoms with Gasteiger partial charge in [0.1, 0.15) is 5.75 Å². The van der Waals surface area contributed by atoms with Crippen LogP contribution in [0.2, 0.25) is 0 Å². The van der Waals surface area contributed by atoms with Gasteiger partial charge < -0.3 is 15.4 Å². The number of amides is 1. The molecule has 0 bridgehead atoms. The maximum Gasteiger partial charge on any atom is 0.253 e. The molecule has 3 aromatic rings. The quantitative estimate of drug-likeness (QED) is 0.686. The molecule has 6 heteroatoms. The molecule has 0 spiro atoms. The van der Waals surface area contributed by atoms with E-state index in [4.69, 9.17) is 4.74 Å². The fourth-order valence-corrected chi connectivity index (χ4v) is 2.39. The van der Waals surface area contributed by atoms with Crippen molar-refractivity contribution < 1.29 is 9.53 Å². The highest BCUT2D eigenvalue weighted by molar-refractivity contribution is 5.94. The molecule has 0 aliphatic heterocycles. The van der Waals surface area contributed by atoms with Crippen LogP contribution >= 0.6 is 0 Å². The van der Waals surface area contributed by atoms with E-state index in [-0.39, 0.29) is 5.91 Å². The van der Waals surface area contributed by atoms with E-state index in [2.05, 4.69) is 20.6 Å². The second-order valence-electron chi connectivity index (χ2n) is 5.70. The third-order valence-electron chi connectivity index (χ3n) is 3.86. The first kappa shape index (κ1) is 17.4. The first-order chi connectivity index (χ1) is 12.7. The van der Waals surface area contributed by atoms with Gasteiger partial charge in [-0.1, -0.05) is 12.1 Å². The lowest BCUT2D eigenvalue weighted by Gasteiger charge is -2.09. The average Bonchev–Trinajstić information content (AvgIpc) is 2.72. The van der Waals surface area contributed by atoms with Crippen LogP contribution in [0.15, 0.2) is 67.3 Å². The van der Waals surface area contributed by atoms with Crippen molar-refractivity contribution in [1.82, 2.24) is 15.3 Å². The van der Waals surface area contributed by atoms with Gasteiger partial charge in [-0.15, -0.1) is 0 Å². The highest BCUT2D eigenvalue weighted by Crippen LogP contribution is 2.12. The first-order valence-corrected chi connectivity index (χ1v) is 8.23. The predicted octanol–water partition coefficient (Wildman–Crippen LogP) is 3.03. The van der Waals surface area contributed by atoms with Crippen LogP contribution in [-0.4, -0.2) is 23.0 Å². The largest absolute Gasteiger partial charge is 0.497 e. The third kappa shape index (κ3) is 4.80. The minimum Gasteiger partial charge on any atom is -0.497 e. The smallest absolute Gasteiger partial charge is 0.253 e. The van der Waals surface area contributed by atoms with Gasteiger partial charge in [0.05, 0.1) is 18.4 Å². The molecule has 1 aromatic carbocycles. The van der Waals surface area contributed by atoms with Crippen LogP contribution < -0.4 is 15.4 Å². The highest BCUT2D eigenvalue weighted by Gasteiger charge is 2.07. The number of pyridine rings is 2. The number of ether oxygens (including phenoxy) is 1. The summed E-state index contributed by atoms with van der Waals surface area (Å²) in [6, 6.07) is 13.2. The summed E-state index contributed by atoms with van der Waals surface area (Å²) in [5.74, 6) is 0.623. The Kier molecular flexibility index (Phi) is 5.77. The molecule has 0 saturated heterocycles. The Morgan fingerprint density at radius 3 is 2.42 bits per heavy atom. The molecule has 2 aromatic heterocycles. The number of benzene rings is 1. The molecule has 26 heavy (non-hydrogen) atoms. The third-order valence-corrected chi connectivity index (χ3v) is 3.86. The maximum atomic E-state index is 12.4. The Labute approximate surface area is 152 Å². The van der Waals surface area contributed by atoms with Gasteiger partial charge in [-0.25, -0.2) is 0 Å². The Morgan fingerprint density at radius 2 is 1.69 bits per heavy atom. The van der Waals surface area contributed by atoms with Crippen molar-refractivity contribution in [3.05, 3.63) is 83.9 Å². The van der Waals surface area contributed by atoms with E-state index < -0.39 is 0 Å². The number of aromatic nitrogens is 2. The van der Waals surface area contributed by atoms with Gasteiger partial charge in [-0.05, 0) is 41.5 Å². The zero-order valence-corrected chi connectivity index (χ0v) is 14.5. The Morgan fingerprint density at radius 1 is 0.962 bits per heavy atom. The van der Waals surface area contributed by atoms with Crippen LogP contribution in [0.1, 0.15) is 21.5 Å². The number of nitrogens with zero attached hydrogens (tertiary/aromatic N) is 2. The van der Waals surface area contributed by atoms with Gasteiger partial charge in [0, 0.05) is 37.9 Å². The first-order valence-electron chi connectivity index (χ1n) is 8.23. The summed E-state index contributed by atoms with van der Waals surface area (Å²) in [5.41, 5.74) is 3.41. The van der Waals surface area contributed by atoms with Crippen molar-refractivity contribution in [2.24, 2.45) is 0 Å². The number of hydrogen-bond donors (Lipinski definition) is 2. The minimum atomic E-state index is -0.166. The minimum absolute atomic E-state index is 0.166. The van der Waals surface area contributed by atoms with Crippen molar-refractivity contribution in [3.8, 4) is 5.75 Å². The number of carbonyl (C=O) groups excluding carboxylic acids is 1. The molecule has 0 aliphatic carbocycles. The van der Waals surface area contributed by atoms with E-state index in [0.717, 1.165) is 22.6 Å². The summed E-state index contributed by atoms with van der Waals surface area (Å²) in [5, 5.41) is 6.16. The zero-order chi connectivity index (χ0) is 18.2. The van der Waals surface area contributed by atoms with E-state index in [9.17, 15) is 4.79 Å². The van der Waals surface area contributed by atoms with Crippen molar-refractivity contribution in [2.75, 3.05) is 12.4 Å². The summed E-state index contributed by atoms with van der Waals surface area (Å²) in [6.07, 6.45) is 6.75. The molecule has 0 saturated carbocycles. The Hall–Kier alpha value is -3.41. The zero-order valence-electron chi connectivity index (χ0n) is 14.5. The fourth-order valence-electron chi connectivity index (χ4n) is 2.39. The molecular formula is C20H20N4O2. The number of carbonyl (C=O) groups is 1. The van der Waals surface area contributed by atoms with Crippen LogP contribution in [0.3, 0.4) is 0 Å². The normalized spacial score (nSPS) is 10.2. The van der Waals surface area contributed by atoms with E-state index in [1.165, 1.54) is 0 Å². The van der Waals surface area contributed by atoms with Crippen molar-refractivity contribution in [2.45, 2.75) is 13.1 Å². The predicted molar refractivity (Wildman–Crippen MR) is 100.0 cm³/mol. The van der Waals surface area contributed by atoms with Crippen LogP contribution in [-0.2, 0) is 13.1 Å². The molecule has 0 fully saturated rings. The van der Waals surface area contributed by atoms with Gasteiger partial charge >= 0.3 is 0 Å². The summed E-state index contributed by atoms with van der Waals surface area (Å²) >= 11 is 0. The fraction of sp³-hybridized carbons (Fsp3) is 0.150. The van der Waals surface area contributed by atoms with Crippen LogP contribution in [0.25, 0.3) is 0 Å². The van der Waals surface area contributed by atoms with Crippen LogP contribution in [0.5, 0.6) is 5.75 Å². The molecule has 2 heterocycles. The molecule has 1 amide bonds. The van der Waals surface area contributed by atoms with Crippen molar-refractivity contribution in [3.63, 3.8) is 0 Å². The molecule has 0 unspecified atom stereocenters. The second-order valence-corrected chi connectivity index (χ2v) is 5.70. The lowest BCUT2D eigenvalue weighted by molar-refractivity contribution is 0.0950. The standard InChI is InChI=1S/C20H20N4O2/c1-26-19-4-2-15(3-5-19)12-24-20(25)17-10-18(14-22-13-17)23-11-16-6-8-21-9-7-16/h2-10,13-14,23H,11-12H2,1H3,(H,24,25). The summed E-state index contributed by atoms with van der Waals surface area (Å²) < 4.78 is 5.13. The SMILES string of the molecule is COc1ccc(CNC(=O)c2cncc(NCc3ccncc3)c2)cc1. The molecule has 2 N–H and O–H groups in total. The number of rotatable bonds is 7. The molecule has 0 atom stereocenters. The van der Waals surface area contributed by atoms with Gasteiger partial charge in [0.15, 0.2) is 0 Å². The van der Waals surface area contributed by atoms with Gasteiger partial charge in [-0.3, -0.25) is 14.8 Å².